The van der Waals surface area contributed by atoms with E-state index >= 15 is 0 Å². The smallest absolute Gasteiger partial charge is 0.412 e. The first-order valence-electron chi connectivity index (χ1n) is 7.32. The van der Waals surface area contributed by atoms with E-state index in [0.29, 0.717) is 30.8 Å². The average molecular weight is 310 g/mol. The third-order valence-corrected chi connectivity index (χ3v) is 4.26. The van der Waals surface area contributed by atoms with Crippen molar-refractivity contribution in [3.05, 3.63) is 54.1 Å². The van der Waals surface area contributed by atoms with E-state index in [2.05, 4.69) is 15.3 Å². The van der Waals surface area contributed by atoms with Gasteiger partial charge >= 0.3 is 6.09 Å². The first kappa shape index (κ1) is 13.7. The zero-order valence-corrected chi connectivity index (χ0v) is 12.2. The molecular formula is C16H14N4O3. The second-order valence-corrected chi connectivity index (χ2v) is 5.65. The van der Waals surface area contributed by atoms with Crippen molar-refractivity contribution in [2.75, 3.05) is 18.4 Å². The van der Waals surface area contributed by atoms with E-state index in [0.717, 1.165) is 5.56 Å². The van der Waals surface area contributed by atoms with Crippen LogP contribution >= 0.6 is 0 Å². The molecule has 2 aromatic rings. The maximum absolute atomic E-state index is 12.6. The first-order valence-corrected chi connectivity index (χ1v) is 7.32. The molecule has 1 N–H and O–H groups in total. The fourth-order valence-electron chi connectivity index (χ4n) is 3.19. The number of aromatic nitrogens is 2. The third-order valence-electron chi connectivity index (χ3n) is 4.26. The Morgan fingerprint density at radius 2 is 2.13 bits per heavy atom. The van der Waals surface area contributed by atoms with E-state index < -0.39 is 11.7 Å². The van der Waals surface area contributed by atoms with Crippen LogP contribution in [-0.2, 0) is 10.3 Å². The number of ether oxygens (including phenoxy) is 1. The average Bonchev–Trinajstić information content (AvgIpc) is 2.99. The molecule has 1 unspecified atom stereocenters. The van der Waals surface area contributed by atoms with Gasteiger partial charge in [-0.2, -0.15) is 0 Å². The van der Waals surface area contributed by atoms with Gasteiger partial charge in [-0.15, -0.1) is 0 Å². The molecule has 2 amide bonds. The number of amides is 2. The summed E-state index contributed by atoms with van der Waals surface area (Å²) in [7, 11) is 0. The van der Waals surface area contributed by atoms with Gasteiger partial charge in [0.05, 0.1) is 24.0 Å². The number of carbonyl (C=O) groups excluding carboxylic acids is 2. The number of nitrogens with zero attached hydrogens (tertiary/aromatic N) is 3. The van der Waals surface area contributed by atoms with E-state index in [1.807, 2.05) is 6.07 Å². The SMILES string of the molecule is O=C1Nc2cnccc2C2(CCN(C(=O)c3cccnc3)C2)O1. The Morgan fingerprint density at radius 3 is 2.96 bits per heavy atom. The van der Waals surface area contributed by atoms with E-state index in [1.165, 1.54) is 0 Å². The highest BCUT2D eigenvalue weighted by molar-refractivity contribution is 5.94. The predicted molar refractivity (Wildman–Crippen MR) is 80.8 cm³/mol. The quantitative estimate of drug-likeness (QED) is 0.868. The normalized spacial score (nSPS) is 22.4. The molecule has 0 bridgehead atoms. The highest BCUT2D eigenvalue weighted by Gasteiger charge is 2.48. The van der Waals surface area contributed by atoms with Gasteiger partial charge in [0.2, 0.25) is 0 Å². The van der Waals surface area contributed by atoms with Crippen molar-refractivity contribution in [3.63, 3.8) is 0 Å². The summed E-state index contributed by atoms with van der Waals surface area (Å²) in [5, 5.41) is 2.65. The summed E-state index contributed by atoms with van der Waals surface area (Å²) in [5.74, 6) is -0.111. The predicted octanol–water partition coefficient (Wildman–Crippen LogP) is 1.78. The van der Waals surface area contributed by atoms with Gasteiger partial charge in [-0.1, -0.05) is 0 Å². The van der Waals surface area contributed by atoms with Crippen LogP contribution in [0.2, 0.25) is 0 Å². The molecule has 1 atom stereocenters. The lowest BCUT2D eigenvalue weighted by atomic mass is 9.91. The number of anilines is 1. The summed E-state index contributed by atoms with van der Waals surface area (Å²) < 4.78 is 5.59. The monoisotopic (exact) mass is 310 g/mol. The van der Waals surface area contributed by atoms with Crippen LogP contribution in [0.3, 0.4) is 0 Å². The van der Waals surface area contributed by atoms with Crippen molar-refractivity contribution in [1.82, 2.24) is 14.9 Å². The van der Waals surface area contributed by atoms with Crippen molar-refractivity contribution in [3.8, 4) is 0 Å². The Hall–Kier alpha value is -2.96. The third kappa shape index (κ3) is 2.21. The van der Waals surface area contributed by atoms with Gasteiger partial charge in [-0.25, -0.2) is 4.79 Å². The van der Waals surface area contributed by atoms with Crippen LogP contribution in [0.4, 0.5) is 10.5 Å². The molecule has 1 spiro atoms. The van der Waals surface area contributed by atoms with E-state index in [1.54, 1.807) is 41.8 Å². The lowest BCUT2D eigenvalue weighted by molar-refractivity contribution is 0.0183. The van der Waals surface area contributed by atoms with Crippen molar-refractivity contribution >= 4 is 17.7 Å². The summed E-state index contributed by atoms with van der Waals surface area (Å²) >= 11 is 0. The van der Waals surface area contributed by atoms with Crippen LogP contribution < -0.4 is 5.32 Å². The molecule has 0 aromatic carbocycles. The van der Waals surface area contributed by atoms with Crippen LogP contribution in [0.1, 0.15) is 22.3 Å². The second kappa shape index (κ2) is 5.05. The van der Waals surface area contributed by atoms with Gasteiger partial charge in [-0.3, -0.25) is 20.1 Å². The number of nitrogens with one attached hydrogen (secondary N) is 1. The molecule has 0 saturated carbocycles. The largest absolute Gasteiger partial charge is 0.436 e. The molecule has 2 aliphatic heterocycles. The molecule has 23 heavy (non-hydrogen) atoms. The van der Waals surface area contributed by atoms with Crippen molar-refractivity contribution in [2.24, 2.45) is 0 Å². The summed E-state index contributed by atoms with van der Waals surface area (Å²) in [6, 6.07) is 5.28. The Kier molecular flexibility index (Phi) is 3.00. The van der Waals surface area contributed by atoms with Gasteiger partial charge in [-0.05, 0) is 18.2 Å². The summed E-state index contributed by atoms with van der Waals surface area (Å²) in [6.07, 6.45) is 6.47. The van der Waals surface area contributed by atoms with Crippen LogP contribution in [0.25, 0.3) is 0 Å². The van der Waals surface area contributed by atoms with E-state index in [4.69, 9.17) is 4.74 Å². The molecular weight excluding hydrogens is 296 g/mol. The molecule has 2 aliphatic rings. The lowest BCUT2D eigenvalue weighted by Gasteiger charge is -2.35. The maximum Gasteiger partial charge on any atom is 0.412 e. The number of fused-ring (bicyclic) bond motifs is 2. The molecule has 0 aliphatic carbocycles. The maximum atomic E-state index is 12.6. The van der Waals surface area contributed by atoms with E-state index in [-0.39, 0.29) is 5.91 Å². The molecule has 0 radical (unpaired) electrons. The van der Waals surface area contributed by atoms with Crippen molar-refractivity contribution in [2.45, 2.75) is 12.0 Å². The minimum Gasteiger partial charge on any atom is -0.436 e. The van der Waals surface area contributed by atoms with Crippen LogP contribution in [0.15, 0.2) is 43.0 Å². The number of carbonyl (C=O) groups is 2. The molecule has 4 rings (SSSR count). The highest BCUT2D eigenvalue weighted by atomic mass is 16.6. The Morgan fingerprint density at radius 1 is 1.26 bits per heavy atom. The van der Waals surface area contributed by atoms with Gasteiger partial charge in [0, 0.05) is 37.1 Å². The zero-order chi connectivity index (χ0) is 15.9. The Balaban J connectivity index is 1.65. The van der Waals surface area contributed by atoms with Crippen LogP contribution in [0.5, 0.6) is 0 Å². The highest BCUT2D eigenvalue weighted by Crippen LogP contribution is 2.42. The molecule has 4 heterocycles. The Bertz CT molecular complexity index is 780. The summed E-state index contributed by atoms with van der Waals surface area (Å²) in [5.41, 5.74) is 1.21. The first-order chi connectivity index (χ1) is 11.2. The molecule has 2 aromatic heterocycles. The molecule has 7 heteroatoms. The number of hydrogen-bond donors (Lipinski definition) is 1. The molecule has 1 fully saturated rings. The van der Waals surface area contributed by atoms with Gasteiger partial charge in [0.15, 0.2) is 5.60 Å². The standard InChI is InChI=1S/C16H14N4O3/c21-14(11-2-1-5-17-8-11)20-7-4-16(10-20)12-3-6-18-9-13(12)19-15(22)23-16/h1-3,5-6,8-9H,4,7,10H2,(H,19,22). The number of likely N-dealkylation sites (tertiary alicyclic amines) is 1. The number of pyridine rings is 2. The van der Waals surface area contributed by atoms with Gasteiger partial charge < -0.3 is 9.64 Å². The van der Waals surface area contributed by atoms with Gasteiger partial charge in [0.1, 0.15) is 0 Å². The fraction of sp³-hybridized carbons (Fsp3) is 0.250. The summed E-state index contributed by atoms with van der Waals surface area (Å²) in [6.45, 7) is 0.841. The molecule has 1 saturated heterocycles. The number of rotatable bonds is 1. The zero-order valence-electron chi connectivity index (χ0n) is 12.2. The summed E-state index contributed by atoms with van der Waals surface area (Å²) in [4.78, 5) is 34.1. The van der Waals surface area contributed by atoms with Gasteiger partial charge in [0.25, 0.3) is 5.91 Å². The van der Waals surface area contributed by atoms with Crippen molar-refractivity contribution in [1.29, 1.82) is 0 Å². The minimum atomic E-state index is -0.807. The minimum absolute atomic E-state index is 0.111. The van der Waals surface area contributed by atoms with Crippen LogP contribution in [0, 0.1) is 0 Å². The Labute approximate surface area is 132 Å². The second-order valence-electron chi connectivity index (χ2n) is 5.65. The number of hydrogen-bond acceptors (Lipinski definition) is 5. The topological polar surface area (TPSA) is 84.4 Å². The lowest BCUT2D eigenvalue weighted by Crippen LogP contribution is -2.42. The van der Waals surface area contributed by atoms with Crippen molar-refractivity contribution < 1.29 is 14.3 Å². The van der Waals surface area contributed by atoms with Crippen LogP contribution in [-0.4, -0.2) is 40.0 Å². The molecule has 7 nitrogen and oxygen atoms in total. The fourth-order valence-corrected chi connectivity index (χ4v) is 3.19. The van der Waals surface area contributed by atoms with E-state index in [9.17, 15) is 9.59 Å². The molecule has 116 valence electrons.